The number of methoxy groups -OCH3 is 1. The lowest BCUT2D eigenvalue weighted by atomic mass is 10.2. The van der Waals surface area contributed by atoms with Crippen LogP contribution in [0.15, 0.2) is 41.3 Å². The van der Waals surface area contributed by atoms with Crippen molar-refractivity contribution >= 4 is 16.6 Å². The van der Waals surface area contributed by atoms with Crippen molar-refractivity contribution in [3.05, 3.63) is 68.5 Å². The number of pyridine rings is 1. The molecule has 8 heteroatoms. The van der Waals surface area contributed by atoms with E-state index in [-0.39, 0.29) is 17.7 Å². The highest BCUT2D eigenvalue weighted by molar-refractivity contribution is 5.79. The summed E-state index contributed by atoms with van der Waals surface area (Å²) in [6.07, 6.45) is 1.45. The highest BCUT2D eigenvalue weighted by Gasteiger charge is 2.09. The fraction of sp³-hybridized carbons (Fsp3) is 0.133. The van der Waals surface area contributed by atoms with Crippen molar-refractivity contribution in [2.45, 2.75) is 6.42 Å². The third-order valence-electron chi connectivity index (χ3n) is 3.33. The molecule has 0 bridgehead atoms. The lowest BCUT2D eigenvalue weighted by molar-refractivity contribution is -0.385. The highest BCUT2D eigenvalue weighted by atomic mass is 16.6. The minimum Gasteiger partial charge on any atom is -0.497 e. The third-order valence-corrected chi connectivity index (χ3v) is 3.33. The zero-order chi connectivity index (χ0) is 16.4. The maximum Gasteiger partial charge on any atom is 0.287 e. The molecule has 2 aromatic heterocycles. The van der Waals surface area contributed by atoms with Gasteiger partial charge in [-0.05, 0) is 24.3 Å². The van der Waals surface area contributed by atoms with Crippen molar-refractivity contribution in [2.75, 3.05) is 7.11 Å². The van der Waals surface area contributed by atoms with E-state index in [2.05, 4.69) is 15.0 Å². The summed E-state index contributed by atoms with van der Waals surface area (Å²) in [5, 5.41) is 11.0. The molecule has 0 aliphatic rings. The van der Waals surface area contributed by atoms with Gasteiger partial charge in [0, 0.05) is 18.2 Å². The van der Waals surface area contributed by atoms with Gasteiger partial charge in [0.1, 0.15) is 17.8 Å². The van der Waals surface area contributed by atoms with Gasteiger partial charge in [-0.15, -0.1) is 0 Å². The molecule has 1 N–H and O–H groups in total. The summed E-state index contributed by atoms with van der Waals surface area (Å²) in [6, 6.07) is 7.95. The van der Waals surface area contributed by atoms with Gasteiger partial charge in [-0.25, -0.2) is 4.98 Å². The Bertz CT molecular complexity index is 934. The van der Waals surface area contributed by atoms with Crippen molar-refractivity contribution in [1.29, 1.82) is 0 Å². The minimum atomic E-state index is -0.514. The maximum absolute atomic E-state index is 12.1. The molecule has 0 aliphatic heterocycles. The number of nitro groups is 1. The number of rotatable bonds is 4. The van der Waals surface area contributed by atoms with Crippen LogP contribution in [0.5, 0.6) is 5.75 Å². The molecular formula is C15H12N4O4. The Balaban J connectivity index is 1.94. The molecule has 0 fully saturated rings. The summed E-state index contributed by atoms with van der Waals surface area (Å²) in [5.74, 6) is 1.02. The Morgan fingerprint density at radius 1 is 1.30 bits per heavy atom. The van der Waals surface area contributed by atoms with Gasteiger partial charge in [-0.3, -0.25) is 19.9 Å². The van der Waals surface area contributed by atoms with Crippen LogP contribution < -0.4 is 10.3 Å². The Morgan fingerprint density at radius 2 is 2.13 bits per heavy atom. The van der Waals surface area contributed by atoms with Crippen LogP contribution in [0.4, 0.5) is 5.69 Å². The standard InChI is InChI=1S/C15H12N4O4/c1-23-11-4-5-13-12(7-11)15(20)18-14(17-13)6-9-2-3-10(8-16-9)19(21)22/h2-5,7-8H,6H2,1H3,(H,17,18,20). The molecule has 116 valence electrons. The maximum atomic E-state index is 12.1. The van der Waals surface area contributed by atoms with Gasteiger partial charge in [0.2, 0.25) is 0 Å². The molecule has 0 atom stereocenters. The quantitative estimate of drug-likeness (QED) is 0.581. The Hall–Kier alpha value is -3.29. The number of aromatic nitrogens is 3. The van der Waals surface area contributed by atoms with E-state index in [0.717, 1.165) is 0 Å². The summed E-state index contributed by atoms with van der Waals surface area (Å²) in [6.45, 7) is 0. The van der Waals surface area contributed by atoms with Gasteiger partial charge >= 0.3 is 0 Å². The van der Waals surface area contributed by atoms with Crippen LogP contribution in [0.3, 0.4) is 0 Å². The first kappa shape index (κ1) is 14.6. The summed E-state index contributed by atoms with van der Waals surface area (Å²) < 4.78 is 5.09. The molecule has 3 aromatic rings. The second-order valence-electron chi connectivity index (χ2n) is 4.84. The Labute approximate surface area is 129 Å². The lowest BCUT2D eigenvalue weighted by Gasteiger charge is -2.04. The number of hydrogen-bond acceptors (Lipinski definition) is 6. The third kappa shape index (κ3) is 3.00. The molecule has 23 heavy (non-hydrogen) atoms. The van der Waals surface area contributed by atoms with Crippen LogP contribution in [-0.4, -0.2) is 27.0 Å². The molecule has 8 nitrogen and oxygen atoms in total. The van der Waals surface area contributed by atoms with E-state index in [9.17, 15) is 14.9 Å². The number of benzene rings is 1. The molecule has 0 radical (unpaired) electrons. The predicted octanol–water partition coefficient (Wildman–Crippen LogP) is 1.83. The van der Waals surface area contributed by atoms with E-state index in [4.69, 9.17) is 4.74 Å². The number of fused-ring (bicyclic) bond motifs is 1. The van der Waals surface area contributed by atoms with Crippen molar-refractivity contribution in [2.24, 2.45) is 0 Å². The Morgan fingerprint density at radius 3 is 2.78 bits per heavy atom. The number of ether oxygens (including phenoxy) is 1. The SMILES string of the molecule is COc1ccc2nc(Cc3ccc([N+](=O)[O-])cn3)[nH]c(=O)c2c1. The number of nitrogens with zero attached hydrogens (tertiary/aromatic N) is 3. The van der Waals surface area contributed by atoms with E-state index in [1.165, 1.54) is 25.4 Å². The minimum absolute atomic E-state index is 0.0826. The van der Waals surface area contributed by atoms with Crippen molar-refractivity contribution < 1.29 is 9.66 Å². The molecule has 0 unspecified atom stereocenters. The molecule has 0 saturated heterocycles. The smallest absolute Gasteiger partial charge is 0.287 e. The molecule has 2 heterocycles. The van der Waals surface area contributed by atoms with Gasteiger partial charge in [-0.2, -0.15) is 0 Å². The zero-order valence-electron chi connectivity index (χ0n) is 12.1. The average Bonchev–Trinajstić information content (AvgIpc) is 2.55. The molecule has 0 aliphatic carbocycles. The van der Waals surface area contributed by atoms with Crippen LogP contribution in [0.25, 0.3) is 10.9 Å². The summed E-state index contributed by atoms with van der Waals surface area (Å²) >= 11 is 0. The fourth-order valence-corrected chi connectivity index (χ4v) is 2.18. The normalized spacial score (nSPS) is 10.7. The molecule has 3 rings (SSSR count). The molecule has 0 spiro atoms. The zero-order valence-corrected chi connectivity index (χ0v) is 12.1. The van der Waals surface area contributed by atoms with Gasteiger partial charge < -0.3 is 9.72 Å². The average molecular weight is 312 g/mol. The number of aromatic amines is 1. The van der Waals surface area contributed by atoms with Crippen molar-refractivity contribution in [3.63, 3.8) is 0 Å². The van der Waals surface area contributed by atoms with Gasteiger partial charge in [-0.1, -0.05) is 0 Å². The van der Waals surface area contributed by atoms with E-state index in [0.29, 0.717) is 28.2 Å². The van der Waals surface area contributed by atoms with Gasteiger partial charge in [0.15, 0.2) is 0 Å². The monoisotopic (exact) mass is 312 g/mol. The summed E-state index contributed by atoms with van der Waals surface area (Å²) in [4.78, 5) is 33.3. The number of nitrogens with one attached hydrogen (secondary N) is 1. The van der Waals surface area contributed by atoms with Crippen LogP contribution >= 0.6 is 0 Å². The fourth-order valence-electron chi connectivity index (χ4n) is 2.18. The van der Waals surface area contributed by atoms with E-state index in [1.54, 1.807) is 18.2 Å². The molecule has 0 amide bonds. The van der Waals surface area contributed by atoms with Crippen LogP contribution in [0.1, 0.15) is 11.5 Å². The second kappa shape index (κ2) is 5.84. The molecule has 1 aromatic carbocycles. The Kier molecular flexibility index (Phi) is 3.71. The van der Waals surface area contributed by atoms with E-state index >= 15 is 0 Å². The second-order valence-corrected chi connectivity index (χ2v) is 4.84. The first-order valence-corrected chi connectivity index (χ1v) is 6.73. The largest absolute Gasteiger partial charge is 0.497 e. The van der Waals surface area contributed by atoms with Crippen molar-refractivity contribution in [3.8, 4) is 5.75 Å². The molecular weight excluding hydrogens is 300 g/mol. The first-order valence-electron chi connectivity index (χ1n) is 6.73. The van der Waals surface area contributed by atoms with Crippen LogP contribution in [0, 0.1) is 10.1 Å². The number of hydrogen-bond donors (Lipinski definition) is 1. The van der Waals surface area contributed by atoms with Gasteiger partial charge in [0.25, 0.3) is 11.2 Å². The molecule has 0 saturated carbocycles. The van der Waals surface area contributed by atoms with Crippen LogP contribution in [-0.2, 0) is 6.42 Å². The highest BCUT2D eigenvalue weighted by Crippen LogP contribution is 2.17. The van der Waals surface area contributed by atoms with Crippen LogP contribution in [0.2, 0.25) is 0 Å². The van der Waals surface area contributed by atoms with Crippen molar-refractivity contribution in [1.82, 2.24) is 15.0 Å². The topological polar surface area (TPSA) is 111 Å². The van der Waals surface area contributed by atoms with E-state index < -0.39 is 4.92 Å². The van der Waals surface area contributed by atoms with Gasteiger partial charge in [0.05, 0.1) is 22.9 Å². The predicted molar refractivity (Wildman–Crippen MR) is 82.6 cm³/mol. The summed E-state index contributed by atoms with van der Waals surface area (Å²) in [7, 11) is 1.53. The number of H-pyrrole nitrogens is 1. The first-order chi connectivity index (χ1) is 11.1. The summed E-state index contributed by atoms with van der Waals surface area (Å²) in [5.41, 5.74) is 0.768. The lowest BCUT2D eigenvalue weighted by Crippen LogP contribution is -2.12. The van der Waals surface area contributed by atoms with E-state index in [1.807, 2.05) is 0 Å².